The van der Waals surface area contributed by atoms with Crippen LogP contribution >= 0.6 is 0 Å². The number of hydrogen-bond acceptors (Lipinski definition) is 8. The van der Waals surface area contributed by atoms with E-state index < -0.39 is 38.5 Å². The zero-order valence-corrected chi connectivity index (χ0v) is 22.2. The van der Waals surface area contributed by atoms with Gasteiger partial charge in [0.25, 0.3) is 10.0 Å². The van der Waals surface area contributed by atoms with Gasteiger partial charge in [0.1, 0.15) is 17.7 Å². The summed E-state index contributed by atoms with van der Waals surface area (Å²) in [6, 6.07) is 13.9. The highest BCUT2D eigenvalue weighted by Crippen LogP contribution is 2.41. The Kier molecular flexibility index (Phi) is 7.04. The highest BCUT2D eigenvalue weighted by Gasteiger charge is 2.37. The first-order valence-corrected chi connectivity index (χ1v) is 13.6. The van der Waals surface area contributed by atoms with E-state index in [4.69, 9.17) is 9.15 Å². The van der Waals surface area contributed by atoms with Crippen molar-refractivity contribution in [2.45, 2.75) is 30.0 Å². The Morgan fingerprint density at radius 2 is 1.88 bits per heavy atom. The number of aromatic amines is 1. The van der Waals surface area contributed by atoms with Gasteiger partial charge in [-0.2, -0.15) is 13.2 Å². The largest absolute Gasteiger partial charge is 0.486 e. The lowest BCUT2D eigenvalue weighted by atomic mass is 10.1. The predicted molar refractivity (Wildman–Crippen MR) is 140 cm³/mol. The maximum Gasteiger partial charge on any atom is 0.434 e. The third-order valence-corrected chi connectivity index (χ3v) is 8.07. The van der Waals surface area contributed by atoms with E-state index in [9.17, 15) is 26.4 Å². The molecule has 10 nitrogen and oxygen atoms in total. The third kappa shape index (κ3) is 5.52. The summed E-state index contributed by atoms with van der Waals surface area (Å²) >= 11 is 0. The summed E-state index contributed by atoms with van der Waals surface area (Å²) in [5.74, 6) is 0.305. The van der Waals surface area contributed by atoms with Gasteiger partial charge < -0.3 is 14.1 Å². The van der Waals surface area contributed by atoms with Crippen LogP contribution in [0.4, 0.5) is 24.7 Å². The maximum atomic E-state index is 13.8. The van der Waals surface area contributed by atoms with Crippen LogP contribution in [0.15, 0.2) is 74.8 Å². The van der Waals surface area contributed by atoms with Crippen LogP contribution in [0.5, 0.6) is 5.75 Å². The molecule has 0 unspecified atom stereocenters. The lowest BCUT2D eigenvalue weighted by molar-refractivity contribution is -0.137. The molecule has 40 heavy (non-hydrogen) atoms. The number of aryl methyl sites for hydroxylation is 1. The van der Waals surface area contributed by atoms with Crippen molar-refractivity contribution in [2.75, 3.05) is 29.8 Å². The molecule has 1 aliphatic rings. The molecule has 4 aromatic rings. The zero-order valence-electron chi connectivity index (χ0n) is 21.3. The van der Waals surface area contributed by atoms with Gasteiger partial charge in [-0.3, -0.25) is 4.31 Å². The van der Waals surface area contributed by atoms with Gasteiger partial charge in [0.2, 0.25) is 5.89 Å². The van der Waals surface area contributed by atoms with Gasteiger partial charge in [-0.25, -0.2) is 23.3 Å². The number of anilines is 2. The Bertz CT molecular complexity index is 1700. The first kappa shape index (κ1) is 27.2. The summed E-state index contributed by atoms with van der Waals surface area (Å²) in [6.07, 6.45) is -5.05. The number of nitrogens with zero attached hydrogens (tertiary/aromatic N) is 4. The minimum absolute atomic E-state index is 0.119. The van der Waals surface area contributed by atoms with Gasteiger partial charge in [0.15, 0.2) is 0 Å². The summed E-state index contributed by atoms with van der Waals surface area (Å²) in [5, 5.41) is 5.91. The molecule has 210 valence electrons. The fourth-order valence-electron chi connectivity index (χ4n) is 4.29. The molecule has 14 heteroatoms. The standard InChI is InChI=1S/C26H24F3N5O5S/c1-33(2)23-8-4-7-20(30-23)16-9-11-22-21(13-16)34(15-18(38-22)10-12-24-31-32-25(35)39-24)40(36,37)19-6-3-5-17(14-19)26(27,28)29/h3-9,11,13-14,18H,10,12,15H2,1-2H3,(H,32,35)/t18-/m0/s1. The number of aromatic nitrogens is 3. The van der Waals surface area contributed by atoms with Gasteiger partial charge in [0, 0.05) is 26.1 Å². The van der Waals surface area contributed by atoms with Crippen LogP contribution in [0.1, 0.15) is 17.9 Å². The minimum atomic E-state index is -4.72. The molecule has 1 aliphatic heterocycles. The van der Waals surface area contributed by atoms with Gasteiger partial charge >= 0.3 is 11.9 Å². The summed E-state index contributed by atoms with van der Waals surface area (Å²) in [4.78, 5) is 17.2. The first-order valence-electron chi connectivity index (χ1n) is 12.1. The number of alkyl halides is 3. The Morgan fingerprint density at radius 3 is 2.58 bits per heavy atom. The van der Waals surface area contributed by atoms with E-state index in [0.29, 0.717) is 23.1 Å². The van der Waals surface area contributed by atoms with Gasteiger partial charge in [0.05, 0.1) is 28.4 Å². The van der Waals surface area contributed by atoms with E-state index in [0.717, 1.165) is 22.5 Å². The lowest BCUT2D eigenvalue weighted by Gasteiger charge is -2.35. The molecule has 0 saturated carbocycles. The number of nitrogens with one attached hydrogen (secondary N) is 1. The summed E-state index contributed by atoms with van der Waals surface area (Å²) in [6.45, 7) is -0.200. The van der Waals surface area contributed by atoms with Crippen molar-refractivity contribution < 1.29 is 30.7 Å². The van der Waals surface area contributed by atoms with Crippen LogP contribution in [0, 0.1) is 0 Å². The number of fused-ring (bicyclic) bond motifs is 1. The third-order valence-electron chi connectivity index (χ3n) is 6.29. The van der Waals surface area contributed by atoms with Crippen LogP contribution in [-0.2, 0) is 22.6 Å². The summed E-state index contributed by atoms with van der Waals surface area (Å²) in [7, 11) is -0.786. The number of rotatable bonds is 7. The highest BCUT2D eigenvalue weighted by atomic mass is 32.2. The van der Waals surface area contributed by atoms with Crippen molar-refractivity contribution in [3.63, 3.8) is 0 Å². The maximum absolute atomic E-state index is 13.8. The number of H-pyrrole nitrogens is 1. The topological polar surface area (TPSA) is 122 Å². The molecule has 0 radical (unpaired) electrons. The zero-order chi connectivity index (χ0) is 28.7. The molecule has 0 saturated heterocycles. The second kappa shape index (κ2) is 10.3. The van der Waals surface area contributed by atoms with Gasteiger partial charge in [-0.15, -0.1) is 5.10 Å². The second-order valence-corrected chi connectivity index (χ2v) is 11.2. The number of sulfonamides is 1. The van der Waals surface area contributed by atoms with Crippen molar-refractivity contribution in [1.29, 1.82) is 0 Å². The minimum Gasteiger partial charge on any atom is -0.486 e. The molecule has 2 aromatic carbocycles. The van der Waals surface area contributed by atoms with E-state index in [2.05, 4.69) is 15.2 Å². The fourth-order valence-corrected chi connectivity index (χ4v) is 5.84. The average molecular weight is 576 g/mol. The fraction of sp³-hybridized carbons (Fsp3) is 0.269. The summed E-state index contributed by atoms with van der Waals surface area (Å²) in [5.41, 5.74) is 0.244. The molecule has 1 atom stereocenters. The smallest absolute Gasteiger partial charge is 0.434 e. The van der Waals surface area contributed by atoms with Crippen LogP contribution < -0.4 is 19.7 Å². The second-order valence-electron chi connectivity index (χ2n) is 9.31. The molecule has 0 aliphatic carbocycles. The number of pyridine rings is 1. The lowest BCUT2D eigenvalue weighted by Crippen LogP contribution is -2.43. The summed E-state index contributed by atoms with van der Waals surface area (Å²) < 4.78 is 80.0. The SMILES string of the molecule is CN(C)c1cccc(-c2ccc3c(c2)N(S(=O)(=O)c2cccc(C(F)(F)F)c2)C[C@H](CCc2n[nH]c(=O)o2)O3)n1. The molecule has 0 fully saturated rings. The number of halogens is 3. The first-order chi connectivity index (χ1) is 18.9. The van der Waals surface area contributed by atoms with E-state index in [1.807, 2.05) is 31.1 Å². The monoisotopic (exact) mass is 575 g/mol. The number of hydrogen-bond donors (Lipinski definition) is 1. The molecule has 1 N–H and O–H groups in total. The average Bonchev–Trinajstić information content (AvgIpc) is 3.35. The van der Waals surface area contributed by atoms with Crippen LogP contribution in [0.3, 0.4) is 0 Å². The molecular formula is C26H24F3N5O5S. The van der Waals surface area contributed by atoms with E-state index in [-0.39, 0.29) is 36.7 Å². The van der Waals surface area contributed by atoms with Crippen molar-refractivity contribution in [1.82, 2.24) is 15.2 Å². The molecule has 5 rings (SSSR count). The van der Waals surface area contributed by atoms with Crippen molar-refractivity contribution in [3.05, 3.63) is 82.7 Å². The Balaban J connectivity index is 1.56. The number of ether oxygens (including phenoxy) is 1. The van der Waals surface area contributed by atoms with E-state index >= 15 is 0 Å². The Hall–Kier alpha value is -4.33. The van der Waals surface area contributed by atoms with Crippen molar-refractivity contribution in [3.8, 4) is 17.0 Å². The van der Waals surface area contributed by atoms with Gasteiger partial charge in [-0.05, 0) is 55.0 Å². The Morgan fingerprint density at radius 1 is 1.10 bits per heavy atom. The quantitative estimate of drug-likeness (QED) is 0.350. The normalized spacial score (nSPS) is 15.4. The molecular weight excluding hydrogens is 551 g/mol. The predicted octanol–water partition coefficient (Wildman–Crippen LogP) is 4.10. The van der Waals surface area contributed by atoms with Crippen LogP contribution in [0.2, 0.25) is 0 Å². The molecule has 3 heterocycles. The van der Waals surface area contributed by atoms with E-state index in [1.165, 1.54) is 0 Å². The van der Waals surface area contributed by atoms with E-state index in [1.54, 1.807) is 24.3 Å². The van der Waals surface area contributed by atoms with Gasteiger partial charge in [-0.1, -0.05) is 12.1 Å². The van der Waals surface area contributed by atoms with Crippen LogP contribution in [-0.4, -0.2) is 50.3 Å². The van der Waals surface area contributed by atoms with Crippen LogP contribution in [0.25, 0.3) is 11.3 Å². The van der Waals surface area contributed by atoms with Crippen molar-refractivity contribution >= 4 is 21.5 Å². The van der Waals surface area contributed by atoms with Crippen molar-refractivity contribution in [2.24, 2.45) is 0 Å². The molecule has 2 aromatic heterocycles. The number of benzene rings is 2. The molecule has 0 spiro atoms. The molecule has 0 bridgehead atoms. The highest BCUT2D eigenvalue weighted by molar-refractivity contribution is 7.92. The Labute approximate surface area is 227 Å². The molecule has 0 amide bonds.